The van der Waals surface area contributed by atoms with Crippen molar-refractivity contribution < 1.29 is 13.5 Å². The molecule has 0 aromatic heterocycles. The van der Waals surface area contributed by atoms with E-state index in [9.17, 15) is 8.42 Å². The van der Waals surface area contributed by atoms with Gasteiger partial charge in [-0.05, 0) is 17.7 Å². The molecule has 4 nitrogen and oxygen atoms in total. The molecule has 1 N–H and O–H groups in total. The average Bonchev–Trinajstić information content (AvgIpc) is 2.42. The highest BCUT2D eigenvalue weighted by Gasteiger charge is 2.21. The van der Waals surface area contributed by atoms with Crippen LogP contribution in [0.4, 0.5) is 0 Å². The van der Waals surface area contributed by atoms with Crippen molar-refractivity contribution in [1.29, 1.82) is 0 Å². The number of rotatable bonds is 3. The van der Waals surface area contributed by atoms with Crippen LogP contribution in [0.3, 0.4) is 0 Å². The molecule has 1 aromatic rings. The first-order chi connectivity index (χ1) is 9.59. The minimum atomic E-state index is -2.82. The van der Waals surface area contributed by atoms with Gasteiger partial charge in [-0.25, -0.2) is 8.42 Å². The zero-order valence-electron chi connectivity index (χ0n) is 11.4. The van der Waals surface area contributed by atoms with Gasteiger partial charge >= 0.3 is 0 Å². The van der Waals surface area contributed by atoms with E-state index in [-0.39, 0.29) is 18.1 Å². The highest BCUT2D eigenvalue weighted by molar-refractivity contribution is 7.91. The Morgan fingerprint density at radius 1 is 1.25 bits per heavy atom. The Balaban J connectivity index is 1.97. The highest BCUT2D eigenvalue weighted by Crippen LogP contribution is 2.11. The molecule has 108 valence electrons. The van der Waals surface area contributed by atoms with Crippen molar-refractivity contribution in [2.45, 2.75) is 13.0 Å². The van der Waals surface area contributed by atoms with Crippen LogP contribution in [0.1, 0.15) is 17.5 Å². The van der Waals surface area contributed by atoms with Crippen LogP contribution in [0.25, 0.3) is 0 Å². The van der Waals surface area contributed by atoms with E-state index < -0.39 is 9.84 Å². The second-order valence-electron chi connectivity index (χ2n) is 4.90. The van der Waals surface area contributed by atoms with Crippen molar-refractivity contribution in [3.63, 3.8) is 0 Å². The molecule has 20 heavy (non-hydrogen) atoms. The third-order valence-electron chi connectivity index (χ3n) is 3.24. The SMILES string of the molecule is O=S1(=O)CCN(Cc2cccc(C#CCCO)c2)CC1. The first kappa shape index (κ1) is 15.0. The Kier molecular flexibility index (Phi) is 5.18. The van der Waals surface area contributed by atoms with Gasteiger partial charge in [0.2, 0.25) is 0 Å². The molecule has 1 aliphatic heterocycles. The van der Waals surface area contributed by atoms with Crippen LogP contribution in [0, 0.1) is 11.8 Å². The molecule has 5 heteroatoms. The molecule has 1 saturated heterocycles. The second kappa shape index (κ2) is 6.89. The molecule has 0 amide bonds. The fraction of sp³-hybridized carbons (Fsp3) is 0.467. The van der Waals surface area contributed by atoms with E-state index in [4.69, 9.17) is 5.11 Å². The topological polar surface area (TPSA) is 57.6 Å². The van der Waals surface area contributed by atoms with E-state index in [1.54, 1.807) is 0 Å². The third kappa shape index (κ3) is 4.64. The maximum absolute atomic E-state index is 11.4. The number of benzene rings is 1. The van der Waals surface area contributed by atoms with Gasteiger partial charge < -0.3 is 5.11 Å². The molecule has 1 aliphatic rings. The van der Waals surface area contributed by atoms with E-state index >= 15 is 0 Å². The Morgan fingerprint density at radius 2 is 2.00 bits per heavy atom. The summed E-state index contributed by atoms with van der Waals surface area (Å²) >= 11 is 0. The molecule has 0 saturated carbocycles. The lowest BCUT2D eigenvalue weighted by Gasteiger charge is -2.26. The summed E-state index contributed by atoms with van der Waals surface area (Å²) in [6.07, 6.45) is 0.480. The maximum Gasteiger partial charge on any atom is 0.152 e. The summed E-state index contributed by atoms with van der Waals surface area (Å²) in [6.45, 7) is 2.03. The van der Waals surface area contributed by atoms with Crippen molar-refractivity contribution in [3.8, 4) is 11.8 Å². The first-order valence-corrected chi connectivity index (χ1v) is 8.53. The van der Waals surface area contributed by atoms with Gasteiger partial charge in [-0.1, -0.05) is 24.0 Å². The molecule has 0 spiro atoms. The van der Waals surface area contributed by atoms with Gasteiger partial charge in [-0.15, -0.1) is 0 Å². The zero-order chi connectivity index (χ0) is 14.4. The Bertz CT molecular complexity index is 599. The molecule has 1 fully saturated rings. The normalized spacial score (nSPS) is 18.2. The number of hydrogen-bond donors (Lipinski definition) is 1. The minimum Gasteiger partial charge on any atom is -0.395 e. The molecule has 0 bridgehead atoms. The van der Waals surface area contributed by atoms with E-state index in [1.807, 2.05) is 24.3 Å². The van der Waals surface area contributed by atoms with Crippen LogP contribution in [0.2, 0.25) is 0 Å². The van der Waals surface area contributed by atoms with Crippen molar-refractivity contribution in [1.82, 2.24) is 4.90 Å². The standard InChI is InChI=1S/C15H19NO3S/c17-9-2-1-4-14-5-3-6-15(12-14)13-16-7-10-20(18,19)11-8-16/h3,5-6,12,17H,2,7-11,13H2. The molecule has 0 aliphatic carbocycles. The summed E-state index contributed by atoms with van der Waals surface area (Å²) in [5.74, 6) is 6.42. The number of hydrogen-bond acceptors (Lipinski definition) is 4. The quantitative estimate of drug-likeness (QED) is 0.832. The molecule has 2 rings (SSSR count). The van der Waals surface area contributed by atoms with Gasteiger partial charge in [0, 0.05) is 31.6 Å². The van der Waals surface area contributed by atoms with Gasteiger partial charge in [0.15, 0.2) is 9.84 Å². The fourth-order valence-corrected chi connectivity index (χ4v) is 3.41. The second-order valence-corrected chi connectivity index (χ2v) is 7.21. The van der Waals surface area contributed by atoms with E-state index in [2.05, 4.69) is 16.7 Å². The van der Waals surface area contributed by atoms with E-state index in [0.717, 1.165) is 17.7 Å². The number of aliphatic hydroxyl groups is 1. The van der Waals surface area contributed by atoms with Gasteiger partial charge in [-0.2, -0.15) is 0 Å². The smallest absolute Gasteiger partial charge is 0.152 e. The average molecular weight is 293 g/mol. The van der Waals surface area contributed by atoms with Crippen LogP contribution in [-0.4, -0.2) is 49.6 Å². The molecule has 0 atom stereocenters. The van der Waals surface area contributed by atoms with Crippen LogP contribution >= 0.6 is 0 Å². The van der Waals surface area contributed by atoms with Crippen molar-refractivity contribution >= 4 is 9.84 Å². The summed E-state index contributed by atoms with van der Waals surface area (Å²) in [6, 6.07) is 7.95. The van der Waals surface area contributed by atoms with Crippen LogP contribution in [0.5, 0.6) is 0 Å². The third-order valence-corrected chi connectivity index (χ3v) is 4.85. The van der Waals surface area contributed by atoms with Gasteiger partial charge in [0.25, 0.3) is 0 Å². The van der Waals surface area contributed by atoms with E-state index in [1.165, 1.54) is 0 Å². The molecule has 0 unspecified atom stereocenters. The number of nitrogens with zero attached hydrogens (tertiary/aromatic N) is 1. The lowest BCUT2D eigenvalue weighted by molar-refractivity contribution is 0.287. The van der Waals surface area contributed by atoms with Crippen molar-refractivity contribution in [3.05, 3.63) is 35.4 Å². The maximum atomic E-state index is 11.4. The molecule has 0 radical (unpaired) electrons. The number of aliphatic hydroxyl groups excluding tert-OH is 1. The summed E-state index contributed by atoms with van der Waals surface area (Å²) in [4.78, 5) is 2.15. The van der Waals surface area contributed by atoms with Crippen molar-refractivity contribution in [2.75, 3.05) is 31.2 Å². The van der Waals surface area contributed by atoms with Crippen LogP contribution in [-0.2, 0) is 16.4 Å². The van der Waals surface area contributed by atoms with Gasteiger partial charge in [-0.3, -0.25) is 4.90 Å². The summed E-state index contributed by atoms with van der Waals surface area (Å²) < 4.78 is 22.8. The Labute approximate surface area is 120 Å². The monoisotopic (exact) mass is 293 g/mol. The highest BCUT2D eigenvalue weighted by atomic mass is 32.2. The fourth-order valence-electron chi connectivity index (χ4n) is 2.13. The molecular weight excluding hydrogens is 274 g/mol. The van der Waals surface area contributed by atoms with Crippen LogP contribution in [0.15, 0.2) is 24.3 Å². The largest absolute Gasteiger partial charge is 0.395 e. The van der Waals surface area contributed by atoms with E-state index in [0.29, 0.717) is 19.5 Å². The molecule has 1 aromatic carbocycles. The van der Waals surface area contributed by atoms with Crippen LogP contribution < -0.4 is 0 Å². The number of sulfone groups is 1. The zero-order valence-corrected chi connectivity index (χ0v) is 12.2. The summed E-state index contributed by atoms with van der Waals surface area (Å²) in [5, 5.41) is 8.70. The summed E-state index contributed by atoms with van der Waals surface area (Å²) in [5.41, 5.74) is 2.07. The Morgan fingerprint density at radius 3 is 2.70 bits per heavy atom. The minimum absolute atomic E-state index is 0.0783. The molecule has 1 heterocycles. The first-order valence-electron chi connectivity index (χ1n) is 6.70. The Hall–Kier alpha value is -1.35. The van der Waals surface area contributed by atoms with Gasteiger partial charge in [0.05, 0.1) is 18.1 Å². The lowest BCUT2D eigenvalue weighted by Crippen LogP contribution is -2.39. The lowest BCUT2D eigenvalue weighted by atomic mass is 10.1. The predicted molar refractivity (Wildman–Crippen MR) is 79.0 cm³/mol. The van der Waals surface area contributed by atoms with Gasteiger partial charge in [0.1, 0.15) is 0 Å². The van der Waals surface area contributed by atoms with Crippen molar-refractivity contribution in [2.24, 2.45) is 0 Å². The summed E-state index contributed by atoms with van der Waals surface area (Å²) in [7, 11) is -2.82. The molecular formula is C15H19NO3S. The predicted octanol–water partition coefficient (Wildman–Crippen LogP) is 0.651.